The summed E-state index contributed by atoms with van der Waals surface area (Å²) in [5.74, 6) is -1.90. The number of methoxy groups -OCH3 is 1. The Hall–Kier alpha value is -5.04. The predicted molar refractivity (Wildman–Crippen MR) is 161 cm³/mol. The summed E-state index contributed by atoms with van der Waals surface area (Å²) in [7, 11) is 7.11. The van der Waals surface area contributed by atoms with Crippen LogP contribution < -0.4 is 30.6 Å². The smallest absolute Gasteiger partial charge is 0.294 e. The summed E-state index contributed by atoms with van der Waals surface area (Å²) in [5.41, 5.74) is 1.52. The average molecular weight is 592 g/mol. The summed E-state index contributed by atoms with van der Waals surface area (Å²) in [6.45, 7) is 5.14. The van der Waals surface area contributed by atoms with Crippen molar-refractivity contribution in [2.75, 3.05) is 49.8 Å². The number of ether oxygens (including phenoxy) is 2. The van der Waals surface area contributed by atoms with E-state index in [1.54, 1.807) is 6.07 Å². The highest BCUT2D eigenvalue weighted by atomic mass is 19.1. The molecule has 0 saturated carbocycles. The summed E-state index contributed by atoms with van der Waals surface area (Å²) in [6, 6.07) is 8.14. The molecule has 0 bridgehead atoms. The lowest BCUT2D eigenvalue weighted by Crippen LogP contribution is -2.31. The van der Waals surface area contributed by atoms with Crippen molar-refractivity contribution in [3.63, 3.8) is 0 Å². The molecule has 1 fully saturated rings. The second kappa shape index (κ2) is 12.1. The lowest BCUT2D eigenvalue weighted by molar-refractivity contribution is -0.111. The third-order valence-corrected chi connectivity index (χ3v) is 7.27. The van der Waals surface area contributed by atoms with Gasteiger partial charge in [-0.3, -0.25) is 14.2 Å². The fourth-order valence-electron chi connectivity index (χ4n) is 4.91. The molecule has 1 unspecified atom stereocenters. The number of fused-ring (bicyclic) bond motifs is 1. The number of carbonyl (C=O) groups excluding carboxylic acids is 1. The number of halogens is 2. The number of hydrogen-bond donors (Lipinski definition) is 2. The summed E-state index contributed by atoms with van der Waals surface area (Å²) in [5, 5.41) is 6.45. The Balaban J connectivity index is 1.48. The summed E-state index contributed by atoms with van der Waals surface area (Å²) < 4.78 is 39.8. The molecular formula is C30H31F2N7O4. The minimum Gasteiger partial charge on any atom is -0.494 e. The molecule has 0 radical (unpaired) electrons. The van der Waals surface area contributed by atoms with E-state index in [1.807, 2.05) is 20.2 Å². The third kappa shape index (κ3) is 6.11. The zero-order chi connectivity index (χ0) is 30.8. The monoisotopic (exact) mass is 591 g/mol. The van der Waals surface area contributed by atoms with Gasteiger partial charge in [-0.25, -0.2) is 13.8 Å². The van der Waals surface area contributed by atoms with Crippen molar-refractivity contribution in [3.05, 3.63) is 77.2 Å². The first-order chi connectivity index (χ1) is 20.6. The van der Waals surface area contributed by atoms with Crippen LogP contribution in [0.1, 0.15) is 6.42 Å². The Morgan fingerprint density at radius 1 is 1.14 bits per heavy atom. The van der Waals surface area contributed by atoms with Crippen LogP contribution >= 0.6 is 0 Å². The Kier molecular flexibility index (Phi) is 8.26. The number of benzene rings is 2. The van der Waals surface area contributed by atoms with Crippen LogP contribution in [0, 0.1) is 11.6 Å². The van der Waals surface area contributed by atoms with E-state index in [-0.39, 0.29) is 29.0 Å². The van der Waals surface area contributed by atoms with E-state index in [9.17, 15) is 18.4 Å². The maximum absolute atomic E-state index is 14.1. The van der Waals surface area contributed by atoms with Crippen molar-refractivity contribution < 1.29 is 23.0 Å². The predicted octanol–water partition coefficient (Wildman–Crippen LogP) is 4.42. The van der Waals surface area contributed by atoms with E-state index in [4.69, 9.17) is 9.47 Å². The molecule has 1 aliphatic rings. The molecule has 13 heteroatoms. The van der Waals surface area contributed by atoms with Gasteiger partial charge >= 0.3 is 0 Å². The minimum absolute atomic E-state index is 0.154. The fraction of sp³-hybridized carbons (Fsp3) is 0.267. The number of anilines is 4. The number of nitrogens with zero attached hydrogens (tertiary/aromatic N) is 5. The Morgan fingerprint density at radius 2 is 1.93 bits per heavy atom. The maximum Gasteiger partial charge on any atom is 0.294 e. The highest BCUT2D eigenvalue weighted by Crippen LogP contribution is 2.40. The fourth-order valence-corrected chi connectivity index (χ4v) is 4.91. The van der Waals surface area contributed by atoms with Crippen molar-refractivity contribution in [3.8, 4) is 17.2 Å². The van der Waals surface area contributed by atoms with E-state index in [0.717, 1.165) is 37.3 Å². The zero-order valence-corrected chi connectivity index (χ0v) is 24.1. The number of aromatic nitrogens is 3. The molecule has 1 amide bonds. The molecule has 5 rings (SSSR count). The van der Waals surface area contributed by atoms with Crippen LogP contribution in [-0.4, -0.2) is 65.7 Å². The van der Waals surface area contributed by atoms with Gasteiger partial charge in [-0.1, -0.05) is 6.58 Å². The lowest BCUT2D eigenvalue weighted by Gasteiger charge is -2.25. The van der Waals surface area contributed by atoms with Crippen molar-refractivity contribution in [2.24, 2.45) is 7.05 Å². The molecule has 1 atom stereocenters. The molecular weight excluding hydrogens is 560 g/mol. The van der Waals surface area contributed by atoms with E-state index in [1.165, 1.54) is 37.1 Å². The lowest BCUT2D eigenvalue weighted by atomic mass is 10.2. The summed E-state index contributed by atoms with van der Waals surface area (Å²) in [4.78, 5) is 38.6. The molecule has 1 aliphatic heterocycles. The molecule has 3 heterocycles. The first kappa shape index (κ1) is 29.5. The number of amides is 1. The van der Waals surface area contributed by atoms with Crippen molar-refractivity contribution in [1.82, 2.24) is 19.4 Å². The van der Waals surface area contributed by atoms with Gasteiger partial charge in [0.2, 0.25) is 11.9 Å². The molecule has 43 heavy (non-hydrogen) atoms. The first-order valence-electron chi connectivity index (χ1n) is 13.4. The van der Waals surface area contributed by atoms with Gasteiger partial charge in [0, 0.05) is 49.9 Å². The van der Waals surface area contributed by atoms with E-state index >= 15 is 0 Å². The van der Waals surface area contributed by atoms with Gasteiger partial charge in [0.15, 0.2) is 17.3 Å². The van der Waals surface area contributed by atoms with Crippen LogP contribution in [0.2, 0.25) is 0 Å². The Morgan fingerprint density at radius 3 is 2.60 bits per heavy atom. The van der Waals surface area contributed by atoms with Crippen LogP contribution in [0.15, 0.2) is 60.0 Å². The second-order valence-corrected chi connectivity index (χ2v) is 10.3. The van der Waals surface area contributed by atoms with Gasteiger partial charge in [-0.2, -0.15) is 4.98 Å². The van der Waals surface area contributed by atoms with Gasteiger partial charge < -0.3 is 29.9 Å². The SMILES string of the molecule is C=CC(=O)Nc1cc(Nc2ncc3cc(Oc4ccc(F)cc4F)c(=O)n(C)c3n2)c(OC)cc1N1CCC(N(C)C)C1. The Labute approximate surface area is 246 Å². The third-order valence-electron chi connectivity index (χ3n) is 7.27. The normalized spacial score (nSPS) is 14.7. The average Bonchev–Trinajstić information content (AvgIpc) is 3.48. The largest absolute Gasteiger partial charge is 0.494 e. The van der Waals surface area contributed by atoms with Crippen molar-refractivity contribution >= 4 is 40.0 Å². The number of nitrogens with one attached hydrogen (secondary N) is 2. The zero-order valence-electron chi connectivity index (χ0n) is 24.1. The number of rotatable bonds is 9. The molecule has 4 aromatic rings. The topological polar surface area (TPSA) is 114 Å². The van der Waals surface area contributed by atoms with E-state index < -0.39 is 17.2 Å². The molecule has 11 nitrogen and oxygen atoms in total. The molecule has 1 saturated heterocycles. The quantitative estimate of drug-likeness (QED) is 0.273. The summed E-state index contributed by atoms with van der Waals surface area (Å²) >= 11 is 0. The van der Waals surface area contributed by atoms with Crippen molar-refractivity contribution in [2.45, 2.75) is 12.5 Å². The Bertz CT molecular complexity index is 1780. The number of carbonyl (C=O) groups is 1. The van der Waals surface area contributed by atoms with Crippen LogP contribution in [0.4, 0.5) is 31.8 Å². The van der Waals surface area contributed by atoms with Crippen LogP contribution in [0.5, 0.6) is 17.2 Å². The number of aryl methyl sites for hydroxylation is 1. The van der Waals surface area contributed by atoms with Gasteiger partial charge in [0.25, 0.3) is 5.56 Å². The molecule has 2 N–H and O–H groups in total. The summed E-state index contributed by atoms with van der Waals surface area (Å²) in [6.07, 6.45) is 3.65. The molecule has 2 aromatic carbocycles. The van der Waals surface area contributed by atoms with Crippen LogP contribution in [-0.2, 0) is 11.8 Å². The highest BCUT2D eigenvalue weighted by molar-refractivity contribution is 6.02. The second-order valence-electron chi connectivity index (χ2n) is 10.3. The number of hydrogen-bond acceptors (Lipinski definition) is 9. The molecule has 224 valence electrons. The standard InChI is InChI=1S/C30H31F2N7O4/c1-6-27(40)34-21-13-22(25(42-5)14-23(21)39-10-9-19(16-39)37(2)3)35-30-33-15-17-11-26(29(41)38(4)28(17)36-30)43-24-8-7-18(31)12-20(24)32/h6-8,11-15,19H,1,9-10,16H2,2-5H3,(H,34,40)(H,33,35,36). The van der Waals surface area contributed by atoms with Crippen LogP contribution in [0.3, 0.4) is 0 Å². The number of likely N-dealkylation sites (N-methyl/N-ethyl adjacent to an activating group) is 1. The van der Waals surface area contributed by atoms with Crippen molar-refractivity contribution in [1.29, 1.82) is 0 Å². The van der Waals surface area contributed by atoms with Gasteiger partial charge in [0.05, 0.1) is 24.2 Å². The van der Waals surface area contributed by atoms with Crippen LogP contribution in [0.25, 0.3) is 11.0 Å². The first-order valence-corrected chi connectivity index (χ1v) is 13.4. The van der Waals surface area contributed by atoms with Gasteiger partial charge in [0.1, 0.15) is 17.2 Å². The molecule has 2 aromatic heterocycles. The van der Waals surface area contributed by atoms with Gasteiger partial charge in [-0.15, -0.1) is 0 Å². The van der Waals surface area contributed by atoms with E-state index in [2.05, 4.69) is 37.0 Å². The number of pyridine rings is 1. The van der Waals surface area contributed by atoms with Gasteiger partial charge in [-0.05, 0) is 50.9 Å². The maximum atomic E-state index is 14.1. The minimum atomic E-state index is -0.941. The highest BCUT2D eigenvalue weighted by Gasteiger charge is 2.27. The van der Waals surface area contributed by atoms with E-state index in [0.29, 0.717) is 34.6 Å². The molecule has 0 spiro atoms. The molecule has 0 aliphatic carbocycles.